The lowest BCUT2D eigenvalue weighted by atomic mass is 9.84. The summed E-state index contributed by atoms with van der Waals surface area (Å²) in [5.41, 5.74) is 11.2. The van der Waals surface area contributed by atoms with Gasteiger partial charge in [-0.25, -0.2) is 0 Å². The topological polar surface area (TPSA) is 64.7 Å². The Kier molecular flexibility index (Phi) is 4.24. The first kappa shape index (κ1) is 16.4. The van der Waals surface area contributed by atoms with E-state index in [-0.39, 0.29) is 17.7 Å². The van der Waals surface area contributed by atoms with E-state index >= 15 is 0 Å². The molecule has 0 spiro atoms. The van der Waals surface area contributed by atoms with Gasteiger partial charge in [0.25, 0.3) is 0 Å². The van der Waals surface area contributed by atoms with Gasteiger partial charge in [0.1, 0.15) is 5.75 Å². The fraction of sp³-hybridized carbons (Fsp3) is 0.300. The van der Waals surface area contributed by atoms with Gasteiger partial charge in [-0.05, 0) is 67.8 Å². The average Bonchev–Trinajstić information content (AvgIpc) is 2.58. The highest BCUT2D eigenvalue weighted by Crippen LogP contribution is 2.37. The van der Waals surface area contributed by atoms with E-state index in [2.05, 4.69) is 0 Å². The lowest BCUT2D eigenvalue weighted by Crippen LogP contribution is -2.26. The number of carbonyl (C=O) groups excluding carboxylic acids is 1. The van der Waals surface area contributed by atoms with Gasteiger partial charge in [-0.3, -0.25) is 9.79 Å². The fourth-order valence-corrected chi connectivity index (χ4v) is 3.12. The Balaban J connectivity index is 2.19. The zero-order valence-electron chi connectivity index (χ0n) is 14.5. The number of hydrogen-bond acceptors (Lipinski definition) is 4. The van der Waals surface area contributed by atoms with Crippen LogP contribution in [0.4, 0.5) is 5.69 Å². The summed E-state index contributed by atoms with van der Waals surface area (Å²) in [5, 5.41) is 0. The van der Waals surface area contributed by atoms with Crippen LogP contribution >= 0.6 is 0 Å². The first-order valence-corrected chi connectivity index (χ1v) is 8.09. The van der Waals surface area contributed by atoms with E-state index < -0.39 is 0 Å². The van der Waals surface area contributed by atoms with Crippen LogP contribution in [0.5, 0.6) is 5.75 Å². The molecule has 0 saturated heterocycles. The molecule has 2 aromatic carbocycles. The van der Waals surface area contributed by atoms with Crippen molar-refractivity contribution < 1.29 is 9.53 Å². The Labute approximate surface area is 142 Å². The average molecular weight is 322 g/mol. The van der Waals surface area contributed by atoms with Gasteiger partial charge in [0, 0.05) is 11.6 Å². The summed E-state index contributed by atoms with van der Waals surface area (Å²) < 4.78 is 5.20. The Bertz CT molecular complexity index is 820. The number of aliphatic imine (C=N–C) groups is 1. The third-order valence-electron chi connectivity index (χ3n) is 4.46. The van der Waals surface area contributed by atoms with Crippen molar-refractivity contribution in [2.45, 2.75) is 26.8 Å². The molecule has 0 bridgehead atoms. The van der Waals surface area contributed by atoms with E-state index in [0.29, 0.717) is 11.3 Å². The van der Waals surface area contributed by atoms with Gasteiger partial charge in [-0.1, -0.05) is 6.07 Å². The summed E-state index contributed by atoms with van der Waals surface area (Å²) in [6.45, 7) is 5.80. The van der Waals surface area contributed by atoms with Gasteiger partial charge in [0.15, 0.2) is 5.78 Å². The summed E-state index contributed by atoms with van der Waals surface area (Å²) >= 11 is 0. The van der Waals surface area contributed by atoms with E-state index in [4.69, 9.17) is 15.5 Å². The van der Waals surface area contributed by atoms with E-state index in [1.165, 1.54) is 0 Å². The summed E-state index contributed by atoms with van der Waals surface area (Å²) in [7, 11) is 1.63. The smallest absolute Gasteiger partial charge is 0.173 e. The molecular weight excluding hydrogens is 300 g/mol. The number of methoxy groups -OCH3 is 1. The monoisotopic (exact) mass is 322 g/mol. The Morgan fingerprint density at radius 2 is 1.88 bits per heavy atom. The Morgan fingerprint density at radius 3 is 2.46 bits per heavy atom. The standard InChI is InChI=1S/C20H22N2O2/c1-11-9-16(13(3)21)19-17(10-11)20(23)12(2)18(22-19)14-5-7-15(24-4)8-6-14/h5-10,12-13H,21H2,1-4H3/t12-,13?/m1/s1. The summed E-state index contributed by atoms with van der Waals surface area (Å²) in [6.07, 6.45) is 0. The number of fused-ring (bicyclic) bond motifs is 1. The quantitative estimate of drug-likeness (QED) is 0.929. The normalized spacial score (nSPS) is 18.0. The van der Waals surface area contributed by atoms with Gasteiger partial charge in [-0.2, -0.15) is 0 Å². The number of Topliss-reactive ketones (excluding diaryl/α,β-unsaturated/α-hetero) is 1. The predicted molar refractivity (Wildman–Crippen MR) is 96.5 cm³/mol. The van der Waals surface area contributed by atoms with Crippen molar-refractivity contribution in [3.05, 3.63) is 58.7 Å². The molecule has 0 aliphatic carbocycles. The molecule has 0 radical (unpaired) electrons. The highest BCUT2D eigenvalue weighted by atomic mass is 16.5. The molecule has 1 unspecified atom stereocenters. The van der Waals surface area contributed by atoms with Crippen molar-refractivity contribution in [3.8, 4) is 5.75 Å². The van der Waals surface area contributed by atoms with E-state index in [9.17, 15) is 4.79 Å². The van der Waals surface area contributed by atoms with Crippen molar-refractivity contribution in [2.24, 2.45) is 16.6 Å². The number of ketones is 1. The van der Waals surface area contributed by atoms with Crippen molar-refractivity contribution in [3.63, 3.8) is 0 Å². The minimum Gasteiger partial charge on any atom is -0.497 e. The molecule has 2 aromatic rings. The maximum Gasteiger partial charge on any atom is 0.173 e. The maximum absolute atomic E-state index is 12.9. The van der Waals surface area contributed by atoms with Crippen LogP contribution in [-0.2, 0) is 0 Å². The first-order chi connectivity index (χ1) is 11.4. The first-order valence-electron chi connectivity index (χ1n) is 8.09. The van der Waals surface area contributed by atoms with Crippen molar-refractivity contribution >= 4 is 17.2 Å². The number of rotatable bonds is 3. The lowest BCUT2D eigenvalue weighted by molar-refractivity contribution is 0.0960. The number of ether oxygens (including phenoxy) is 1. The molecule has 124 valence electrons. The number of nitrogens with zero attached hydrogens (tertiary/aromatic N) is 1. The summed E-state index contributed by atoms with van der Waals surface area (Å²) in [4.78, 5) is 17.7. The molecule has 24 heavy (non-hydrogen) atoms. The number of aryl methyl sites for hydroxylation is 1. The molecule has 1 aliphatic rings. The van der Waals surface area contributed by atoms with Crippen LogP contribution in [0.1, 0.15) is 46.9 Å². The van der Waals surface area contributed by atoms with Crippen LogP contribution in [0.25, 0.3) is 0 Å². The molecule has 0 saturated carbocycles. The number of nitrogens with two attached hydrogens (primary N) is 1. The zero-order valence-corrected chi connectivity index (χ0v) is 14.5. The predicted octanol–water partition coefficient (Wildman–Crippen LogP) is 3.98. The van der Waals surface area contributed by atoms with Crippen LogP contribution in [0.15, 0.2) is 41.4 Å². The van der Waals surface area contributed by atoms with Crippen molar-refractivity contribution in [1.29, 1.82) is 0 Å². The lowest BCUT2D eigenvalue weighted by Gasteiger charge is -2.24. The number of carbonyl (C=O) groups is 1. The van der Waals surface area contributed by atoms with Crippen LogP contribution in [0, 0.1) is 12.8 Å². The zero-order chi connectivity index (χ0) is 17.4. The second kappa shape index (κ2) is 6.21. The highest BCUT2D eigenvalue weighted by Gasteiger charge is 2.30. The Hall–Kier alpha value is -2.46. The van der Waals surface area contributed by atoms with Gasteiger partial charge in [0.2, 0.25) is 0 Å². The minimum absolute atomic E-state index is 0.0939. The van der Waals surface area contributed by atoms with Crippen molar-refractivity contribution in [2.75, 3.05) is 7.11 Å². The van der Waals surface area contributed by atoms with E-state index in [1.807, 2.05) is 57.2 Å². The molecule has 1 aliphatic heterocycles. The molecule has 3 rings (SSSR count). The number of benzene rings is 2. The summed E-state index contributed by atoms with van der Waals surface area (Å²) in [6, 6.07) is 11.4. The second-order valence-corrected chi connectivity index (χ2v) is 6.35. The molecule has 0 amide bonds. The highest BCUT2D eigenvalue weighted by molar-refractivity contribution is 6.23. The van der Waals surface area contributed by atoms with Crippen LogP contribution in [-0.4, -0.2) is 18.6 Å². The van der Waals surface area contributed by atoms with Crippen LogP contribution < -0.4 is 10.5 Å². The molecule has 2 N–H and O–H groups in total. The molecule has 4 heteroatoms. The van der Waals surface area contributed by atoms with Gasteiger partial charge in [-0.15, -0.1) is 0 Å². The third-order valence-corrected chi connectivity index (χ3v) is 4.46. The van der Waals surface area contributed by atoms with Gasteiger partial charge in [0.05, 0.1) is 24.4 Å². The molecule has 0 fully saturated rings. The van der Waals surface area contributed by atoms with Crippen LogP contribution in [0.2, 0.25) is 0 Å². The number of hydrogen-bond donors (Lipinski definition) is 1. The van der Waals surface area contributed by atoms with E-state index in [1.54, 1.807) is 7.11 Å². The minimum atomic E-state index is -0.284. The van der Waals surface area contributed by atoms with Gasteiger partial charge >= 0.3 is 0 Å². The summed E-state index contributed by atoms with van der Waals surface area (Å²) in [5.74, 6) is 0.589. The SMILES string of the molecule is COc1ccc(C2=Nc3c(cc(C)cc3C(C)N)C(=O)[C@@H]2C)cc1. The molecule has 1 heterocycles. The van der Waals surface area contributed by atoms with Gasteiger partial charge < -0.3 is 10.5 Å². The third kappa shape index (κ3) is 2.74. The van der Waals surface area contributed by atoms with Crippen LogP contribution in [0.3, 0.4) is 0 Å². The molecule has 0 aromatic heterocycles. The van der Waals surface area contributed by atoms with Crippen molar-refractivity contribution in [1.82, 2.24) is 0 Å². The maximum atomic E-state index is 12.9. The largest absolute Gasteiger partial charge is 0.497 e. The second-order valence-electron chi connectivity index (χ2n) is 6.35. The Morgan fingerprint density at radius 1 is 1.21 bits per heavy atom. The fourth-order valence-electron chi connectivity index (χ4n) is 3.12. The molecule has 2 atom stereocenters. The molecular formula is C20H22N2O2. The molecule has 4 nitrogen and oxygen atoms in total. The van der Waals surface area contributed by atoms with E-state index in [0.717, 1.165) is 28.2 Å².